The lowest BCUT2D eigenvalue weighted by Crippen LogP contribution is -2.41. The predicted molar refractivity (Wildman–Crippen MR) is 79.0 cm³/mol. The van der Waals surface area contributed by atoms with Crippen LogP contribution < -0.4 is 5.46 Å². The number of fused-ring (bicyclic) bond motifs is 1. The first-order valence-electron chi connectivity index (χ1n) is 7.05. The fourth-order valence-electron chi connectivity index (χ4n) is 2.52. The van der Waals surface area contributed by atoms with Crippen molar-refractivity contribution < 1.29 is 22.5 Å². The quantitative estimate of drug-likeness (QED) is 0.818. The molecule has 1 N–H and O–H groups in total. The molecule has 2 heterocycles. The summed E-state index contributed by atoms with van der Waals surface area (Å²) in [5.74, 6) is 0. The number of aromatic nitrogens is 1. The summed E-state index contributed by atoms with van der Waals surface area (Å²) in [4.78, 5) is 2.83. The molecule has 7 heteroatoms. The van der Waals surface area contributed by atoms with Crippen molar-refractivity contribution in [1.82, 2.24) is 4.98 Å². The number of aromatic amines is 1. The number of alkyl halides is 3. The third kappa shape index (κ3) is 2.32. The summed E-state index contributed by atoms with van der Waals surface area (Å²) in [6.45, 7) is 7.48. The van der Waals surface area contributed by atoms with E-state index in [-0.39, 0.29) is 0 Å². The molecule has 0 radical (unpaired) electrons. The van der Waals surface area contributed by atoms with E-state index in [0.29, 0.717) is 16.4 Å². The molecule has 1 aromatic heterocycles. The molecular weight excluding hydrogens is 294 g/mol. The first-order chi connectivity index (χ1) is 10.0. The van der Waals surface area contributed by atoms with Crippen LogP contribution in [-0.2, 0) is 15.5 Å². The second-order valence-electron chi connectivity index (χ2n) is 6.59. The Hall–Kier alpha value is -1.47. The van der Waals surface area contributed by atoms with Crippen LogP contribution in [0.15, 0.2) is 24.4 Å². The van der Waals surface area contributed by atoms with E-state index >= 15 is 0 Å². The third-order valence-electron chi connectivity index (χ3n) is 4.54. The van der Waals surface area contributed by atoms with Gasteiger partial charge in [0.05, 0.1) is 16.8 Å². The lowest BCUT2D eigenvalue weighted by molar-refractivity contribution is -0.137. The first-order valence-corrected chi connectivity index (χ1v) is 7.05. The average Bonchev–Trinajstić information content (AvgIpc) is 2.89. The minimum absolute atomic E-state index is 0.393. The van der Waals surface area contributed by atoms with Gasteiger partial charge in [0.2, 0.25) is 0 Å². The van der Waals surface area contributed by atoms with Gasteiger partial charge in [-0.05, 0) is 56.7 Å². The Bertz CT molecular complexity index is 705. The molecule has 3 rings (SSSR count). The molecule has 0 spiro atoms. The van der Waals surface area contributed by atoms with Crippen molar-refractivity contribution in [3.05, 3.63) is 30.0 Å². The van der Waals surface area contributed by atoms with Crippen LogP contribution in [0.3, 0.4) is 0 Å². The van der Waals surface area contributed by atoms with Gasteiger partial charge >= 0.3 is 13.3 Å². The van der Waals surface area contributed by atoms with E-state index in [4.69, 9.17) is 9.31 Å². The lowest BCUT2D eigenvalue weighted by Gasteiger charge is -2.32. The van der Waals surface area contributed by atoms with Crippen molar-refractivity contribution in [2.45, 2.75) is 45.1 Å². The molecular formula is C15H17BF3NO2. The highest BCUT2D eigenvalue weighted by Gasteiger charge is 2.52. The molecule has 118 valence electrons. The molecule has 0 unspecified atom stereocenters. The van der Waals surface area contributed by atoms with Gasteiger partial charge in [-0.2, -0.15) is 13.2 Å². The van der Waals surface area contributed by atoms with Crippen LogP contribution >= 0.6 is 0 Å². The molecule has 1 aliphatic rings. The Balaban J connectivity index is 2.13. The topological polar surface area (TPSA) is 34.2 Å². The Kier molecular flexibility index (Phi) is 3.17. The van der Waals surface area contributed by atoms with Gasteiger partial charge in [0, 0.05) is 11.7 Å². The highest BCUT2D eigenvalue weighted by molar-refractivity contribution is 6.65. The highest BCUT2D eigenvalue weighted by Crippen LogP contribution is 2.38. The van der Waals surface area contributed by atoms with E-state index in [9.17, 15) is 13.2 Å². The fourth-order valence-corrected chi connectivity index (χ4v) is 2.52. The zero-order valence-corrected chi connectivity index (χ0v) is 12.8. The minimum Gasteiger partial charge on any atom is -0.399 e. The second kappa shape index (κ2) is 4.52. The third-order valence-corrected chi connectivity index (χ3v) is 4.54. The van der Waals surface area contributed by atoms with E-state index in [0.717, 1.165) is 12.1 Å². The number of benzene rings is 1. The largest absolute Gasteiger partial charge is 0.495 e. The summed E-state index contributed by atoms with van der Waals surface area (Å²) in [7, 11) is -0.828. The standard InChI is InChI=1S/C15H17BF3NO2/c1-13(2)14(3,4)22-16(21-13)11-7-9(15(17,18)19)8-12-10(11)5-6-20-12/h5-8,20H,1-4H3. The maximum atomic E-state index is 13.1. The van der Waals surface area contributed by atoms with Crippen molar-refractivity contribution in [3.8, 4) is 0 Å². The van der Waals surface area contributed by atoms with Gasteiger partial charge in [-0.25, -0.2) is 0 Å². The number of halogens is 3. The summed E-state index contributed by atoms with van der Waals surface area (Å²) in [5, 5.41) is 0.673. The predicted octanol–water partition coefficient (Wildman–Crippen LogP) is 3.49. The van der Waals surface area contributed by atoms with E-state index in [1.807, 2.05) is 27.7 Å². The molecule has 1 aromatic carbocycles. The molecule has 0 aliphatic carbocycles. The number of rotatable bonds is 1. The highest BCUT2D eigenvalue weighted by atomic mass is 19.4. The van der Waals surface area contributed by atoms with Gasteiger partial charge in [0.15, 0.2) is 0 Å². The molecule has 3 nitrogen and oxygen atoms in total. The lowest BCUT2D eigenvalue weighted by atomic mass is 9.76. The summed E-state index contributed by atoms with van der Waals surface area (Å²) >= 11 is 0. The molecule has 0 atom stereocenters. The van der Waals surface area contributed by atoms with Crippen molar-refractivity contribution in [3.63, 3.8) is 0 Å². The van der Waals surface area contributed by atoms with Crippen molar-refractivity contribution in [1.29, 1.82) is 0 Å². The van der Waals surface area contributed by atoms with Crippen LogP contribution in [0, 0.1) is 0 Å². The van der Waals surface area contributed by atoms with Crippen LogP contribution in [0.4, 0.5) is 13.2 Å². The Morgan fingerprint density at radius 2 is 1.64 bits per heavy atom. The molecule has 0 amide bonds. The first kappa shape index (κ1) is 15.4. The van der Waals surface area contributed by atoms with Crippen LogP contribution in [0.25, 0.3) is 10.9 Å². The molecule has 1 saturated heterocycles. The summed E-state index contributed by atoms with van der Waals surface area (Å²) in [6, 6.07) is 3.94. The minimum atomic E-state index is -4.42. The van der Waals surface area contributed by atoms with E-state index < -0.39 is 30.1 Å². The Morgan fingerprint density at radius 3 is 2.18 bits per heavy atom. The van der Waals surface area contributed by atoms with Crippen molar-refractivity contribution in [2.75, 3.05) is 0 Å². The fraction of sp³-hybridized carbons (Fsp3) is 0.467. The van der Waals surface area contributed by atoms with Crippen LogP contribution in [-0.4, -0.2) is 23.3 Å². The molecule has 22 heavy (non-hydrogen) atoms. The normalized spacial score (nSPS) is 20.8. The number of hydrogen-bond donors (Lipinski definition) is 1. The summed E-state index contributed by atoms with van der Waals surface area (Å²) in [6.07, 6.45) is -2.81. The van der Waals surface area contributed by atoms with Crippen molar-refractivity contribution in [2.24, 2.45) is 0 Å². The van der Waals surface area contributed by atoms with E-state index in [2.05, 4.69) is 4.98 Å². The van der Waals surface area contributed by atoms with Gasteiger partial charge in [0.25, 0.3) is 0 Å². The van der Waals surface area contributed by atoms with Crippen LogP contribution in [0.1, 0.15) is 33.3 Å². The maximum Gasteiger partial charge on any atom is 0.495 e. The smallest absolute Gasteiger partial charge is 0.399 e. The van der Waals surface area contributed by atoms with Gasteiger partial charge in [-0.15, -0.1) is 0 Å². The molecule has 0 saturated carbocycles. The zero-order valence-electron chi connectivity index (χ0n) is 12.8. The van der Waals surface area contributed by atoms with Gasteiger partial charge in [-0.1, -0.05) is 0 Å². The van der Waals surface area contributed by atoms with E-state index in [1.54, 1.807) is 12.3 Å². The monoisotopic (exact) mass is 311 g/mol. The average molecular weight is 311 g/mol. The van der Waals surface area contributed by atoms with E-state index in [1.165, 1.54) is 0 Å². The Labute approximate surface area is 126 Å². The summed E-state index contributed by atoms with van der Waals surface area (Å²) in [5.41, 5.74) is -1.11. The number of H-pyrrole nitrogens is 1. The number of hydrogen-bond acceptors (Lipinski definition) is 2. The molecule has 0 bridgehead atoms. The van der Waals surface area contributed by atoms with Crippen LogP contribution in [0.2, 0.25) is 0 Å². The second-order valence-corrected chi connectivity index (χ2v) is 6.59. The number of nitrogens with one attached hydrogen (secondary N) is 1. The summed E-state index contributed by atoms with van der Waals surface area (Å²) < 4.78 is 51.1. The molecule has 2 aromatic rings. The van der Waals surface area contributed by atoms with Gasteiger partial charge < -0.3 is 14.3 Å². The maximum absolute atomic E-state index is 13.1. The Morgan fingerprint density at radius 1 is 1.05 bits per heavy atom. The van der Waals surface area contributed by atoms with Gasteiger partial charge in [0.1, 0.15) is 0 Å². The zero-order chi connectivity index (χ0) is 16.3. The van der Waals surface area contributed by atoms with Crippen LogP contribution in [0.5, 0.6) is 0 Å². The van der Waals surface area contributed by atoms with Gasteiger partial charge in [-0.3, -0.25) is 0 Å². The van der Waals surface area contributed by atoms with Crippen molar-refractivity contribution >= 4 is 23.5 Å². The molecule has 1 fully saturated rings. The molecule has 1 aliphatic heterocycles. The SMILES string of the molecule is CC1(C)OB(c2cc(C(F)(F)F)cc3[nH]ccc23)OC1(C)C.